The summed E-state index contributed by atoms with van der Waals surface area (Å²) in [5.74, 6) is 0. The number of benzene rings is 1. The summed E-state index contributed by atoms with van der Waals surface area (Å²) >= 11 is 0. The Hall–Kier alpha value is -2.96. The first-order chi connectivity index (χ1) is 9.75. The Morgan fingerprint density at radius 1 is 1.43 bits per heavy atom. The van der Waals surface area contributed by atoms with E-state index in [2.05, 4.69) is 10.3 Å². The van der Waals surface area contributed by atoms with E-state index in [0.29, 0.717) is 10.2 Å². The van der Waals surface area contributed by atoms with Crippen molar-refractivity contribution in [3.05, 3.63) is 45.3 Å². The van der Waals surface area contributed by atoms with Crippen molar-refractivity contribution in [1.82, 2.24) is 15.0 Å². The second kappa shape index (κ2) is 4.86. The van der Waals surface area contributed by atoms with Crippen molar-refractivity contribution >= 4 is 5.69 Å². The maximum absolute atomic E-state index is 13.0. The van der Waals surface area contributed by atoms with Crippen LogP contribution in [0.25, 0.3) is 5.69 Å². The Morgan fingerprint density at radius 3 is 2.62 bits per heavy atom. The molecular weight excluding hydrogens is 291 g/mol. The fraction of sp³-hybridized carbons (Fsp3) is 0.182. The number of nitro groups is 1. The fourth-order valence-electron chi connectivity index (χ4n) is 1.72. The summed E-state index contributed by atoms with van der Waals surface area (Å²) in [6, 6.07) is 4.70. The Bertz CT molecular complexity index is 760. The summed E-state index contributed by atoms with van der Waals surface area (Å²) in [6.07, 6.45) is -4.87. The summed E-state index contributed by atoms with van der Waals surface area (Å²) in [4.78, 5) is 9.99. The number of aromatic nitrogens is 3. The molecule has 0 amide bonds. The fourth-order valence-corrected chi connectivity index (χ4v) is 1.72. The molecule has 7 nitrogen and oxygen atoms in total. The molecule has 0 saturated heterocycles. The van der Waals surface area contributed by atoms with E-state index in [1.165, 1.54) is 19.1 Å². The van der Waals surface area contributed by atoms with Crippen LogP contribution < -0.4 is 0 Å². The summed E-state index contributed by atoms with van der Waals surface area (Å²) in [6.45, 7) is 1.47. The van der Waals surface area contributed by atoms with Crippen molar-refractivity contribution in [2.45, 2.75) is 13.1 Å². The molecular formula is C11H6F3N5O2. The van der Waals surface area contributed by atoms with Gasteiger partial charge in [-0.15, -0.1) is 5.10 Å². The maximum Gasteiger partial charge on any atom is 0.436 e. The molecule has 1 aromatic heterocycles. The van der Waals surface area contributed by atoms with Crippen molar-refractivity contribution in [3.8, 4) is 11.8 Å². The molecule has 1 aromatic carbocycles. The normalized spacial score (nSPS) is 11.2. The summed E-state index contributed by atoms with van der Waals surface area (Å²) in [5.41, 5.74) is -2.49. The second-order valence-electron chi connectivity index (χ2n) is 4.04. The van der Waals surface area contributed by atoms with E-state index in [4.69, 9.17) is 5.26 Å². The van der Waals surface area contributed by atoms with Gasteiger partial charge in [-0.2, -0.15) is 18.4 Å². The molecule has 0 fully saturated rings. The molecule has 0 aliphatic heterocycles. The lowest BCUT2D eigenvalue weighted by Crippen LogP contribution is -2.15. The van der Waals surface area contributed by atoms with Gasteiger partial charge < -0.3 is 0 Å². The molecule has 21 heavy (non-hydrogen) atoms. The van der Waals surface area contributed by atoms with Crippen LogP contribution >= 0.6 is 0 Å². The molecule has 0 radical (unpaired) electrons. The predicted octanol–water partition coefficient (Wildman–Crippen LogP) is 2.37. The number of hydrogen-bond donors (Lipinski definition) is 0. The third-order valence-electron chi connectivity index (χ3n) is 2.68. The molecule has 2 aromatic rings. The third-order valence-corrected chi connectivity index (χ3v) is 2.68. The number of rotatable bonds is 2. The molecule has 0 saturated carbocycles. The van der Waals surface area contributed by atoms with E-state index in [1.807, 2.05) is 0 Å². The molecule has 1 heterocycles. The van der Waals surface area contributed by atoms with Gasteiger partial charge in [0.15, 0.2) is 11.4 Å². The predicted molar refractivity (Wildman–Crippen MR) is 62.5 cm³/mol. The van der Waals surface area contributed by atoms with Gasteiger partial charge in [0.25, 0.3) is 5.69 Å². The zero-order valence-electron chi connectivity index (χ0n) is 10.4. The molecule has 0 unspecified atom stereocenters. The van der Waals surface area contributed by atoms with Gasteiger partial charge in [0.05, 0.1) is 10.6 Å². The quantitative estimate of drug-likeness (QED) is 0.626. The molecule has 0 N–H and O–H groups in total. The molecule has 0 atom stereocenters. The average Bonchev–Trinajstić information content (AvgIpc) is 2.82. The zero-order chi connectivity index (χ0) is 15.8. The molecule has 0 spiro atoms. The molecule has 10 heteroatoms. The zero-order valence-corrected chi connectivity index (χ0v) is 10.4. The largest absolute Gasteiger partial charge is 0.436 e. The lowest BCUT2D eigenvalue weighted by Gasteiger charge is -2.11. The highest BCUT2D eigenvalue weighted by molar-refractivity contribution is 5.50. The topological polar surface area (TPSA) is 97.6 Å². The second-order valence-corrected chi connectivity index (χ2v) is 4.04. The SMILES string of the molecule is Cc1ccc([N+](=O)[O-])cc1-n1nnc(C#N)c1C(F)(F)F. The molecule has 0 aliphatic rings. The first-order valence-electron chi connectivity index (χ1n) is 5.44. The lowest BCUT2D eigenvalue weighted by atomic mass is 10.1. The summed E-state index contributed by atoms with van der Waals surface area (Å²) in [5, 5.41) is 25.8. The smallest absolute Gasteiger partial charge is 0.258 e. The standard InChI is InChI=1S/C11H6F3N5O2/c1-6-2-3-7(19(20)21)4-9(6)18-10(11(12,13)14)8(5-15)16-17-18/h2-4H,1H3. The average molecular weight is 297 g/mol. The van der Waals surface area contributed by atoms with E-state index >= 15 is 0 Å². The van der Waals surface area contributed by atoms with Crippen LogP contribution in [0.5, 0.6) is 0 Å². The Morgan fingerprint density at radius 2 is 2.10 bits per heavy atom. The number of aryl methyl sites for hydroxylation is 1. The van der Waals surface area contributed by atoms with E-state index in [-0.39, 0.29) is 5.69 Å². The molecule has 2 rings (SSSR count). The van der Waals surface area contributed by atoms with Gasteiger partial charge in [0.2, 0.25) is 0 Å². The highest BCUT2D eigenvalue weighted by Gasteiger charge is 2.40. The monoisotopic (exact) mass is 297 g/mol. The van der Waals surface area contributed by atoms with Crippen LogP contribution in [0.4, 0.5) is 18.9 Å². The highest BCUT2D eigenvalue weighted by atomic mass is 19.4. The molecule has 0 aliphatic carbocycles. The van der Waals surface area contributed by atoms with Crippen molar-refractivity contribution in [1.29, 1.82) is 5.26 Å². The van der Waals surface area contributed by atoms with Gasteiger partial charge in [-0.05, 0) is 12.5 Å². The van der Waals surface area contributed by atoms with Crippen LogP contribution in [-0.2, 0) is 6.18 Å². The Balaban J connectivity index is 2.74. The van der Waals surface area contributed by atoms with E-state index < -0.39 is 28.2 Å². The Kier molecular flexibility index (Phi) is 3.34. The maximum atomic E-state index is 13.0. The minimum atomic E-state index is -4.87. The number of halogens is 3. The van der Waals surface area contributed by atoms with Crippen LogP contribution in [0.3, 0.4) is 0 Å². The Labute approximate surface area is 115 Å². The number of nitrogens with zero attached hydrogens (tertiary/aromatic N) is 5. The van der Waals surface area contributed by atoms with Crippen LogP contribution in [0, 0.1) is 28.4 Å². The van der Waals surface area contributed by atoms with E-state index in [9.17, 15) is 23.3 Å². The third kappa shape index (κ3) is 2.53. The van der Waals surface area contributed by atoms with Gasteiger partial charge >= 0.3 is 6.18 Å². The first kappa shape index (κ1) is 14.4. The van der Waals surface area contributed by atoms with E-state index in [1.54, 1.807) is 0 Å². The van der Waals surface area contributed by atoms with Crippen molar-refractivity contribution in [2.75, 3.05) is 0 Å². The lowest BCUT2D eigenvalue weighted by molar-refractivity contribution is -0.384. The highest BCUT2D eigenvalue weighted by Crippen LogP contribution is 2.33. The van der Waals surface area contributed by atoms with Crippen LogP contribution in [0.15, 0.2) is 18.2 Å². The van der Waals surface area contributed by atoms with Gasteiger partial charge in [0, 0.05) is 12.1 Å². The van der Waals surface area contributed by atoms with Crippen molar-refractivity contribution in [3.63, 3.8) is 0 Å². The number of non-ortho nitro benzene ring substituents is 1. The van der Waals surface area contributed by atoms with Gasteiger partial charge in [-0.3, -0.25) is 10.1 Å². The van der Waals surface area contributed by atoms with Gasteiger partial charge in [-0.25, -0.2) is 4.68 Å². The van der Waals surface area contributed by atoms with Crippen LogP contribution in [-0.4, -0.2) is 19.9 Å². The minimum Gasteiger partial charge on any atom is -0.258 e. The van der Waals surface area contributed by atoms with Crippen LogP contribution in [0.1, 0.15) is 17.0 Å². The number of hydrogen-bond acceptors (Lipinski definition) is 5. The van der Waals surface area contributed by atoms with E-state index in [0.717, 1.165) is 12.1 Å². The summed E-state index contributed by atoms with van der Waals surface area (Å²) in [7, 11) is 0. The minimum absolute atomic E-state index is 0.162. The number of alkyl halides is 3. The summed E-state index contributed by atoms with van der Waals surface area (Å²) < 4.78 is 39.4. The molecule has 0 bridgehead atoms. The van der Waals surface area contributed by atoms with Crippen LogP contribution in [0.2, 0.25) is 0 Å². The van der Waals surface area contributed by atoms with Gasteiger partial charge in [-0.1, -0.05) is 11.3 Å². The van der Waals surface area contributed by atoms with Crippen molar-refractivity contribution in [2.24, 2.45) is 0 Å². The molecule has 108 valence electrons. The number of nitriles is 1. The van der Waals surface area contributed by atoms with Crippen molar-refractivity contribution < 1.29 is 18.1 Å². The first-order valence-corrected chi connectivity index (χ1v) is 5.44. The van der Waals surface area contributed by atoms with Gasteiger partial charge in [0.1, 0.15) is 6.07 Å². The number of nitro benzene ring substituents is 1.